The molecule has 0 radical (unpaired) electrons. The van der Waals surface area contributed by atoms with Crippen LogP contribution in [0.5, 0.6) is 0 Å². The highest BCUT2D eigenvalue weighted by Gasteiger charge is 2.21. The summed E-state index contributed by atoms with van der Waals surface area (Å²) >= 11 is 0. The summed E-state index contributed by atoms with van der Waals surface area (Å²) < 4.78 is 31.8. The van der Waals surface area contributed by atoms with Crippen molar-refractivity contribution in [2.24, 2.45) is 7.05 Å². The highest BCUT2D eigenvalue weighted by molar-refractivity contribution is 5.95. The summed E-state index contributed by atoms with van der Waals surface area (Å²) in [6.07, 6.45) is 4.40. The van der Waals surface area contributed by atoms with Crippen LogP contribution in [0.15, 0.2) is 67.1 Å². The number of nitrogens with zero attached hydrogens (tertiary/aromatic N) is 3. The number of aromatic nitrogens is 3. The van der Waals surface area contributed by atoms with Crippen molar-refractivity contribution in [2.75, 3.05) is 12.3 Å². The number of benzene rings is 2. The van der Waals surface area contributed by atoms with Crippen LogP contribution in [0.1, 0.15) is 22.0 Å². The molecule has 0 fully saturated rings. The molecule has 2 aromatic heterocycles. The van der Waals surface area contributed by atoms with Crippen LogP contribution >= 0.6 is 0 Å². The van der Waals surface area contributed by atoms with Gasteiger partial charge in [0.05, 0.1) is 30.0 Å². The zero-order valence-corrected chi connectivity index (χ0v) is 17.7. The van der Waals surface area contributed by atoms with Gasteiger partial charge in [-0.2, -0.15) is 5.10 Å². The summed E-state index contributed by atoms with van der Waals surface area (Å²) in [6, 6.07) is 11.8. The molecule has 0 unspecified atom stereocenters. The molecule has 7 nitrogen and oxygen atoms in total. The maximum atomic E-state index is 15.3. The molecule has 2 heterocycles. The van der Waals surface area contributed by atoms with E-state index in [-0.39, 0.29) is 34.7 Å². The van der Waals surface area contributed by atoms with Crippen molar-refractivity contribution in [1.82, 2.24) is 20.1 Å². The van der Waals surface area contributed by atoms with Crippen molar-refractivity contribution < 1.29 is 18.7 Å². The second kappa shape index (κ2) is 9.17. The van der Waals surface area contributed by atoms with Gasteiger partial charge in [0.2, 0.25) is 0 Å². The van der Waals surface area contributed by atoms with Gasteiger partial charge in [0.1, 0.15) is 17.5 Å². The predicted molar refractivity (Wildman–Crippen MR) is 120 cm³/mol. The molecule has 1 atom stereocenters. The van der Waals surface area contributed by atoms with E-state index in [4.69, 9.17) is 5.73 Å². The molecule has 0 aliphatic carbocycles. The Bertz CT molecular complexity index is 1310. The number of carbonyl (C=O) groups is 1. The molecule has 4 aromatic rings. The Balaban J connectivity index is 1.65. The number of hydrogen-bond donors (Lipinski definition) is 3. The van der Waals surface area contributed by atoms with Crippen molar-refractivity contribution in [3.63, 3.8) is 0 Å². The average Bonchev–Trinajstić information content (AvgIpc) is 3.24. The fourth-order valence-electron chi connectivity index (χ4n) is 3.55. The minimum atomic E-state index is -0.861. The lowest BCUT2D eigenvalue weighted by molar-refractivity contribution is 0.0912. The topological polar surface area (TPSA) is 106 Å². The second-order valence-corrected chi connectivity index (χ2v) is 7.46. The minimum Gasteiger partial charge on any atom is -0.394 e. The fourth-order valence-corrected chi connectivity index (χ4v) is 3.55. The number of carbonyl (C=O) groups excluding carboxylic acids is 1. The monoisotopic (exact) mass is 449 g/mol. The predicted octanol–water partition coefficient (Wildman–Crippen LogP) is 3.47. The van der Waals surface area contributed by atoms with E-state index in [1.54, 1.807) is 43.6 Å². The molecule has 2 aromatic carbocycles. The lowest BCUT2D eigenvalue weighted by atomic mass is 9.99. The van der Waals surface area contributed by atoms with Crippen LogP contribution in [0.4, 0.5) is 14.6 Å². The number of aryl methyl sites for hydroxylation is 1. The molecule has 33 heavy (non-hydrogen) atoms. The van der Waals surface area contributed by atoms with Gasteiger partial charge in [0, 0.05) is 30.6 Å². The van der Waals surface area contributed by atoms with Crippen LogP contribution in [-0.2, 0) is 7.05 Å². The first-order valence-electron chi connectivity index (χ1n) is 10.1. The summed E-state index contributed by atoms with van der Waals surface area (Å²) in [5.41, 5.74) is 7.07. The van der Waals surface area contributed by atoms with Crippen molar-refractivity contribution in [1.29, 1.82) is 0 Å². The lowest BCUT2D eigenvalue weighted by Gasteiger charge is -2.17. The van der Waals surface area contributed by atoms with Gasteiger partial charge >= 0.3 is 0 Å². The Hall–Kier alpha value is -4.11. The summed E-state index contributed by atoms with van der Waals surface area (Å²) in [5, 5.41) is 16.3. The molecule has 0 aliphatic rings. The van der Waals surface area contributed by atoms with Gasteiger partial charge in [-0.1, -0.05) is 36.4 Å². The first-order chi connectivity index (χ1) is 15.9. The van der Waals surface area contributed by atoms with Gasteiger partial charge in [-0.3, -0.25) is 9.48 Å². The number of aliphatic hydroxyl groups excluding tert-OH is 1. The SMILES string of the molecule is Cn1cc(-c2cnc(N)c(-c3ccc(C(=O)N[C@H](CO)c4ccccc4)c(F)c3)c2F)cn1. The Labute approximate surface area is 188 Å². The van der Waals surface area contributed by atoms with Crippen LogP contribution in [0.2, 0.25) is 0 Å². The zero-order chi connectivity index (χ0) is 23.5. The number of pyridine rings is 1. The number of amides is 1. The van der Waals surface area contributed by atoms with Gasteiger partial charge in [-0.15, -0.1) is 0 Å². The molecule has 0 bridgehead atoms. The van der Waals surface area contributed by atoms with Gasteiger partial charge in [-0.05, 0) is 23.3 Å². The number of nitrogens with one attached hydrogen (secondary N) is 1. The normalized spacial score (nSPS) is 11.9. The molecule has 1 amide bonds. The number of aliphatic hydroxyl groups is 1. The molecular weight excluding hydrogens is 428 g/mol. The number of hydrogen-bond acceptors (Lipinski definition) is 5. The van der Waals surface area contributed by atoms with Gasteiger partial charge < -0.3 is 16.2 Å². The van der Waals surface area contributed by atoms with Crippen molar-refractivity contribution >= 4 is 11.7 Å². The molecular formula is C24H21F2N5O2. The summed E-state index contributed by atoms with van der Waals surface area (Å²) in [6.45, 7) is -0.357. The first-order valence-corrected chi connectivity index (χ1v) is 10.1. The largest absolute Gasteiger partial charge is 0.394 e. The number of nitrogen functional groups attached to an aromatic ring is 1. The van der Waals surface area contributed by atoms with Crippen molar-refractivity contribution in [3.05, 3.63) is 89.9 Å². The average molecular weight is 449 g/mol. The number of anilines is 1. The highest BCUT2D eigenvalue weighted by Crippen LogP contribution is 2.34. The molecule has 0 saturated heterocycles. The summed E-state index contributed by atoms with van der Waals surface area (Å²) in [5.74, 6) is -2.35. The van der Waals surface area contributed by atoms with E-state index in [2.05, 4.69) is 15.4 Å². The van der Waals surface area contributed by atoms with Gasteiger partial charge in [0.15, 0.2) is 0 Å². The smallest absolute Gasteiger partial charge is 0.254 e. The standard InChI is InChI=1S/C24H21F2N5O2/c1-31-12-16(10-29-31)18-11-28-23(27)21(22(18)26)15-7-8-17(19(25)9-15)24(33)30-20(13-32)14-5-3-2-4-6-14/h2-12,20,32H,13H2,1H3,(H2,27,28)(H,30,33)/t20-/m1/s1. The van der Waals surface area contributed by atoms with E-state index >= 15 is 4.39 Å². The van der Waals surface area contributed by atoms with E-state index in [9.17, 15) is 14.3 Å². The first kappa shape index (κ1) is 22.1. The summed E-state index contributed by atoms with van der Waals surface area (Å²) in [4.78, 5) is 16.7. The Kier molecular flexibility index (Phi) is 6.14. The quantitative estimate of drug-likeness (QED) is 0.418. The summed E-state index contributed by atoms with van der Waals surface area (Å²) in [7, 11) is 1.70. The van der Waals surface area contributed by atoms with Crippen LogP contribution in [0.25, 0.3) is 22.3 Å². The molecule has 0 aliphatic heterocycles. The van der Waals surface area contributed by atoms with Crippen LogP contribution in [0, 0.1) is 11.6 Å². The Morgan fingerprint density at radius 1 is 1.15 bits per heavy atom. The number of halogens is 2. The van der Waals surface area contributed by atoms with Crippen molar-refractivity contribution in [3.8, 4) is 22.3 Å². The number of rotatable bonds is 6. The van der Waals surface area contributed by atoms with Crippen molar-refractivity contribution in [2.45, 2.75) is 6.04 Å². The number of nitrogens with two attached hydrogens (primary N) is 1. The van der Waals surface area contributed by atoms with E-state index in [0.29, 0.717) is 11.1 Å². The zero-order valence-electron chi connectivity index (χ0n) is 17.7. The van der Waals surface area contributed by atoms with Crippen LogP contribution < -0.4 is 11.1 Å². The molecule has 4 rings (SSSR count). The maximum Gasteiger partial charge on any atom is 0.254 e. The molecule has 9 heteroatoms. The molecule has 4 N–H and O–H groups in total. The van der Waals surface area contributed by atoms with Gasteiger partial charge in [0.25, 0.3) is 5.91 Å². The maximum absolute atomic E-state index is 15.3. The van der Waals surface area contributed by atoms with E-state index < -0.39 is 23.6 Å². The third kappa shape index (κ3) is 4.44. The third-order valence-electron chi connectivity index (χ3n) is 5.25. The van der Waals surface area contributed by atoms with Crippen LogP contribution in [0.3, 0.4) is 0 Å². The Morgan fingerprint density at radius 2 is 1.91 bits per heavy atom. The molecule has 168 valence electrons. The van der Waals surface area contributed by atoms with E-state index in [1.807, 2.05) is 0 Å². The minimum absolute atomic E-state index is 0.0697. The molecule has 0 spiro atoms. The van der Waals surface area contributed by atoms with E-state index in [1.165, 1.54) is 29.2 Å². The lowest BCUT2D eigenvalue weighted by Crippen LogP contribution is -2.31. The fraction of sp³-hybridized carbons (Fsp3) is 0.125. The molecule has 0 saturated carbocycles. The third-order valence-corrected chi connectivity index (χ3v) is 5.25. The van der Waals surface area contributed by atoms with E-state index in [0.717, 1.165) is 6.07 Å². The Morgan fingerprint density at radius 3 is 2.55 bits per heavy atom. The van der Waals surface area contributed by atoms with Crippen LogP contribution in [-0.4, -0.2) is 32.4 Å². The highest BCUT2D eigenvalue weighted by atomic mass is 19.1. The van der Waals surface area contributed by atoms with Gasteiger partial charge in [-0.25, -0.2) is 13.8 Å². The second-order valence-electron chi connectivity index (χ2n) is 7.46.